The summed E-state index contributed by atoms with van der Waals surface area (Å²) in [5.41, 5.74) is 5.50. The summed E-state index contributed by atoms with van der Waals surface area (Å²) in [6.07, 6.45) is 11.6. The lowest BCUT2D eigenvalue weighted by Crippen LogP contribution is -2.71. The lowest BCUT2D eigenvalue weighted by atomic mass is 9.48. The fourth-order valence-electron chi connectivity index (χ4n) is 7.47. The summed E-state index contributed by atoms with van der Waals surface area (Å²) in [6.45, 7) is 8.15. The van der Waals surface area contributed by atoms with Crippen molar-refractivity contribution in [3.63, 3.8) is 0 Å². The number of rotatable bonds is 6. The second-order valence-corrected chi connectivity index (χ2v) is 11.4. The third kappa shape index (κ3) is 3.14. The molecule has 5 aliphatic rings. The Balaban J connectivity index is 1.21. The summed E-state index contributed by atoms with van der Waals surface area (Å²) in [6, 6.07) is 9.90. The van der Waals surface area contributed by atoms with E-state index in [0.717, 1.165) is 30.4 Å². The Morgan fingerprint density at radius 1 is 1.15 bits per heavy atom. The molecule has 3 saturated carbocycles. The molecule has 0 radical (unpaired) electrons. The van der Waals surface area contributed by atoms with Gasteiger partial charge in [0, 0.05) is 47.3 Å². The molecule has 1 aromatic carbocycles. The largest absolute Gasteiger partial charge is 0.365 e. The van der Waals surface area contributed by atoms with Crippen LogP contribution in [0.5, 0.6) is 0 Å². The predicted octanol–water partition coefficient (Wildman–Crippen LogP) is 4.74. The lowest BCUT2D eigenvalue weighted by Gasteiger charge is -2.69. The van der Waals surface area contributed by atoms with Crippen molar-refractivity contribution in [2.75, 3.05) is 25.0 Å². The van der Waals surface area contributed by atoms with Crippen molar-refractivity contribution >= 4 is 16.7 Å². The Hall–Kier alpha value is -2.44. The maximum absolute atomic E-state index is 5.04. The quantitative estimate of drug-likeness (QED) is 0.561. The number of H-pyrrole nitrogens is 1. The Labute approximate surface area is 202 Å². The SMILES string of the molecule is CCCN1CC[C@H](Nc2cnc([C@@H]3c4[nH]c5ccccc5c4C[C@@H](C)N3C34CC(C3)C4)cn2)C1. The van der Waals surface area contributed by atoms with Crippen LogP contribution in [0.25, 0.3) is 10.9 Å². The minimum Gasteiger partial charge on any atom is -0.365 e. The van der Waals surface area contributed by atoms with Crippen LogP contribution >= 0.6 is 0 Å². The van der Waals surface area contributed by atoms with E-state index < -0.39 is 0 Å². The molecule has 4 fully saturated rings. The molecule has 3 atom stereocenters. The van der Waals surface area contributed by atoms with E-state index in [1.165, 1.54) is 67.4 Å². The first-order valence-corrected chi connectivity index (χ1v) is 13.3. The third-order valence-electron chi connectivity index (χ3n) is 9.04. The van der Waals surface area contributed by atoms with Crippen LogP contribution in [-0.4, -0.2) is 62.0 Å². The number of likely N-dealkylation sites (tertiary alicyclic amines) is 1. The lowest BCUT2D eigenvalue weighted by molar-refractivity contribution is -0.174. The second-order valence-electron chi connectivity index (χ2n) is 11.4. The molecule has 3 aromatic rings. The van der Waals surface area contributed by atoms with E-state index in [0.29, 0.717) is 17.6 Å². The fraction of sp³-hybridized carbons (Fsp3) is 0.571. The Kier molecular flexibility index (Phi) is 4.78. The summed E-state index contributed by atoms with van der Waals surface area (Å²) < 4.78 is 0. The van der Waals surface area contributed by atoms with Gasteiger partial charge in [-0.1, -0.05) is 25.1 Å². The number of aromatic nitrogens is 3. The molecule has 6 heteroatoms. The van der Waals surface area contributed by atoms with E-state index in [1.807, 2.05) is 12.4 Å². The summed E-state index contributed by atoms with van der Waals surface area (Å²) >= 11 is 0. The van der Waals surface area contributed by atoms with Crippen LogP contribution in [-0.2, 0) is 6.42 Å². The molecule has 2 bridgehead atoms. The molecule has 2 aromatic heterocycles. The highest BCUT2D eigenvalue weighted by molar-refractivity contribution is 5.85. The molecule has 0 amide bonds. The number of nitrogens with zero attached hydrogens (tertiary/aromatic N) is 4. The average Bonchev–Trinajstić information content (AvgIpc) is 3.37. The van der Waals surface area contributed by atoms with Gasteiger partial charge in [-0.2, -0.15) is 0 Å². The van der Waals surface area contributed by atoms with Gasteiger partial charge < -0.3 is 15.2 Å². The van der Waals surface area contributed by atoms with Gasteiger partial charge in [-0.25, -0.2) is 4.98 Å². The third-order valence-corrected chi connectivity index (χ3v) is 9.04. The van der Waals surface area contributed by atoms with Gasteiger partial charge in [-0.05, 0) is 69.5 Å². The summed E-state index contributed by atoms with van der Waals surface area (Å²) in [5.74, 6) is 1.86. The molecule has 2 N–H and O–H groups in total. The van der Waals surface area contributed by atoms with E-state index in [2.05, 4.69) is 58.2 Å². The molecule has 4 heterocycles. The normalized spacial score (nSPS) is 32.9. The summed E-state index contributed by atoms with van der Waals surface area (Å²) in [4.78, 5) is 19.1. The van der Waals surface area contributed by atoms with Crippen molar-refractivity contribution in [1.82, 2.24) is 24.8 Å². The monoisotopic (exact) mass is 456 g/mol. The predicted molar refractivity (Wildman–Crippen MR) is 136 cm³/mol. The Morgan fingerprint density at radius 3 is 2.74 bits per heavy atom. The zero-order valence-corrected chi connectivity index (χ0v) is 20.4. The van der Waals surface area contributed by atoms with E-state index in [4.69, 9.17) is 9.97 Å². The van der Waals surface area contributed by atoms with Gasteiger partial charge >= 0.3 is 0 Å². The van der Waals surface area contributed by atoms with Crippen LogP contribution in [0.15, 0.2) is 36.7 Å². The maximum atomic E-state index is 5.04. The number of hydrogen-bond acceptors (Lipinski definition) is 5. The molecule has 3 aliphatic carbocycles. The Morgan fingerprint density at radius 2 is 2.00 bits per heavy atom. The number of benzene rings is 1. The molecular formula is C28H36N6. The average molecular weight is 457 g/mol. The molecular weight excluding hydrogens is 420 g/mol. The van der Waals surface area contributed by atoms with Gasteiger partial charge in [0.05, 0.1) is 24.1 Å². The first kappa shape index (κ1) is 20.9. The first-order valence-electron chi connectivity index (χ1n) is 13.3. The van der Waals surface area contributed by atoms with E-state index in [-0.39, 0.29) is 6.04 Å². The number of hydrogen-bond donors (Lipinski definition) is 2. The molecule has 2 aliphatic heterocycles. The molecule has 0 unspecified atom stereocenters. The van der Waals surface area contributed by atoms with Crippen molar-refractivity contribution in [3.05, 3.63) is 53.6 Å². The van der Waals surface area contributed by atoms with Crippen LogP contribution in [0.2, 0.25) is 0 Å². The second kappa shape index (κ2) is 7.79. The molecule has 34 heavy (non-hydrogen) atoms. The van der Waals surface area contributed by atoms with Crippen molar-refractivity contribution in [3.8, 4) is 0 Å². The van der Waals surface area contributed by atoms with Gasteiger partial charge in [-0.15, -0.1) is 0 Å². The van der Waals surface area contributed by atoms with Gasteiger partial charge in [-0.3, -0.25) is 9.88 Å². The van der Waals surface area contributed by atoms with Crippen LogP contribution in [0.3, 0.4) is 0 Å². The first-order chi connectivity index (χ1) is 16.6. The van der Waals surface area contributed by atoms with Crippen LogP contribution in [0.4, 0.5) is 5.82 Å². The number of fused-ring (bicyclic) bond motifs is 3. The molecule has 8 rings (SSSR count). The maximum Gasteiger partial charge on any atom is 0.144 e. The van der Waals surface area contributed by atoms with Crippen LogP contribution < -0.4 is 5.32 Å². The topological polar surface area (TPSA) is 60.1 Å². The van der Waals surface area contributed by atoms with Crippen molar-refractivity contribution in [2.24, 2.45) is 5.92 Å². The molecule has 1 saturated heterocycles. The van der Waals surface area contributed by atoms with Crippen molar-refractivity contribution in [1.29, 1.82) is 0 Å². The van der Waals surface area contributed by atoms with Gasteiger partial charge in [0.15, 0.2) is 0 Å². The highest BCUT2D eigenvalue weighted by Crippen LogP contribution is 2.64. The summed E-state index contributed by atoms with van der Waals surface area (Å²) in [5, 5.41) is 5.01. The van der Waals surface area contributed by atoms with Crippen molar-refractivity contribution in [2.45, 2.75) is 76.0 Å². The zero-order valence-electron chi connectivity index (χ0n) is 20.4. The standard InChI is InChI=1S/C28H36N6/c1-3-9-33-10-8-20(17-33)31-25-16-29-24(15-30-25)27-26-22(21-6-4-5-7-23(21)32-26)11-18(2)34(27)28-12-19(13-28)14-28/h4-7,15-16,18-20,27,32H,3,8-14,17H2,1-2H3,(H,30,31)/t18-,19?,20+,27-,28?/m1/s1. The smallest absolute Gasteiger partial charge is 0.144 e. The zero-order chi connectivity index (χ0) is 22.9. The van der Waals surface area contributed by atoms with E-state index in [9.17, 15) is 0 Å². The van der Waals surface area contributed by atoms with Crippen molar-refractivity contribution < 1.29 is 0 Å². The minimum absolute atomic E-state index is 0.153. The van der Waals surface area contributed by atoms with Gasteiger partial charge in [0.25, 0.3) is 0 Å². The summed E-state index contributed by atoms with van der Waals surface area (Å²) in [7, 11) is 0. The number of para-hydroxylation sites is 1. The minimum atomic E-state index is 0.153. The Bertz CT molecular complexity index is 1180. The number of aromatic amines is 1. The number of anilines is 1. The van der Waals surface area contributed by atoms with Gasteiger partial charge in [0.2, 0.25) is 0 Å². The van der Waals surface area contributed by atoms with E-state index in [1.54, 1.807) is 0 Å². The molecule has 178 valence electrons. The molecule has 6 nitrogen and oxygen atoms in total. The highest BCUT2D eigenvalue weighted by atomic mass is 15.3. The van der Waals surface area contributed by atoms with Crippen LogP contribution in [0.1, 0.15) is 68.9 Å². The molecule has 0 spiro atoms. The number of nitrogens with one attached hydrogen (secondary N) is 2. The van der Waals surface area contributed by atoms with Gasteiger partial charge in [0.1, 0.15) is 5.82 Å². The van der Waals surface area contributed by atoms with E-state index >= 15 is 0 Å². The highest BCUT2D eigenvalue weighted by Gasteiger charge is 2.63. The van der Waals surface area contributed by atoms with Crippen LogP contribution in [0, 0.1) is 5.92 Å². The fourth-order valence-corrected chi connectivity index (χ4v) is 7.47.